The summed E-state index contributed by atoms with van der Waals surface area (Å²) in [6, 6.07) is 4.67. The number of carboxylic acid groups (broad SMARTS) is 1. The molecule has 0 spiro atoms. The minimum atomic E-state index is -0.946. The van der Waals surface area contributed by atoms with Crippen LogP contribution < -0.4 is 5.32 Å². The number of carbonyl (C=O) groups is 2. The van der Waals surface area contributed by atoms with E-state index in [9.17, 15) is 9.59 Å². The van der Waals surface area contributed by atoms with Crippen molar-refractivity contribution in [2.75, 3.05) is 6.54 Å². The molecule has 15 heavy (non-hydrogen) atoms. The molecular formula is C10H8ClNO3. The van der Waals surface area contributed by atoms with Crippen LogP contribution in [0.2, 0.25) is 5.02 Å². The monoisotopic (exact) mass is 225 g/mol. The zero-order valence-corrected chi connectivity index (χ0v) is 8.41. The molecule has 0 saturated carbocycles. The number of carboxylic acids is 1. The zero-order valence-electron chi connectivity index (χ0n) is 7.66. The van der Waals surface area contributed by atoms with Gasteiger partial charge in [-0.3, -0.25) is 9.59 Å². The van der Waals surface area contributed by atoms with Crippen LogP contribution in [0.4, 0.5) is 0 Å². The van der Waals surface area contributed by atoms with E-state index in [0.29, 0.717) is 16.1 Å². The number of benzene rings is 1. The number of aliphatic carboxylic acids is 1. The molecule has 1 amide bonds. The van der Waals surface area contributed by atoms with Gasteiger partial charge in [0.25, 0.3) is 5.91 Å². The van der Waals surface area contributed by atoms with Crippen molar-refractivity contribution in [1.29, 1.82) is 0 Å². The van der Waals surface area contributed by atoms with Crippen LogP contribution in [0.15, 0.2) is 18.2 Å². The van der Waals surface area contributed by atoms with Gasteiger partial charge in [-0.2, -0.15) is 0 Å². The van der Waals surface area contributed by atoms with E-state index in [-0.39, 0.29) is 12.5 Å². The van der Waals surface area contributed by atoms with Crippen molar-refractivity contribution >= 4 is 23.5 Å². The number of fused-ring (bicyclic) bond motifs is 1. The third-order valence-corrected chi connectivity index (χ3v) is 2.64. The van der Waals surface area contributed by atoms with Gasteiger partial charge in [0.2, 0.25) is 0 Å². The third kappa shape index (κ3) is 1.68. The number of hydrogen-bond donors (Lipinski definition) is 2. The van der Waals surface area contributed by atoms with E-state index >= 15 is 0 Å². The summed E-state index contributed by atoms with van der Waals surface area (Å²) < 4.78 is 0. The van der Waals surface area contributed by atoms with Crippen LogP contribution in [0.1, 0.15) is 21.8 Å². The van der Waals surface area contributed by atoms with Crippen molar-refractivity contribution in [2.24, 2.45) is 0 Å². The zero-order chi connectivity index (χ0) is 11.0. The topological polar surface area (TPSA) is 66.4 Å². The third-order valence-electron chi connectivity index (χ3n) is 2.40. The number of amides is 1. The molecule has 0 aliphatic carbocycles. The lowest BCUT2D eigenvalue weighted by molar-refractivity contribution is -0.138. The fourth-order valence-electron chi connectivity index (χ4n) is 1.65. The largest absolute Gasteiger partial charge is 0.481 e. The van der Waals surface area contributed by atoms with E-state index in [4.69, 9.17) is 16.7 Å². The lowest BCUT2D eigenvalue weighted by Gasteiger charge is -2.22. The molecule has 1 aromatic carbocycles. The Morgan fingerprint density at radius 3 is 2.93 bits per heavy atom. The van der Waals surface area contributed by atoms with E-state index in [1.54, 1.807) is 12.1 Å². The summed E-state index contributed by atoms with van der Waals surface area (Å²) in [6.45, 7) is 0.128. The summed E-state index contributed by atoms with van der Waals surface area (Å²) in [6.07, 6.45) is 0. The Balaban J connectivity index is 2.55. The molecule has 0 radical (unpaired) electrons. The highest BCUT2D eigenvalue weighted by molar-refractivity contribution is 6.31. The van der Waals surface area contributed by atoms with Gasteiger partial charge in [-0.1, -0.05) is 17.7 Å². The van der Waals surface area contributed by atoms with Gasteiger partial charge < -0.3 is 10.4 Å². The first-order chi connectivity index (χ1) is 7.09. The number of rotatable bonds is 1. The minimum Gasteiger partial charge on any atom is -0.481 e. The lowest BCUT2D eigenvalue weighted by Crippen LogP contribution is -2.38. The molecule has 5 heteroatoms. The van der Waals surface area contributed by atoms with Crippen molar-refractivity contribution in [3.8, 4) is 0 Å². The highest BCUT2D eigenvalue weighted by Gasteiger charge is 2.29. The van der Waals surface area contributed by atoms with Crippen LogP contribution >= 0.6 is 11.6 Å². The van der Waals surface area contributed by atoms with Crippen molar-refractivity contribution in [3.63, 3.8) is 0 Å². The first kappa shape index (κ1) is 9.98. The quantitative estimate of drug-likeness (QED) is 0.756. The Bertz CT molecular complexity index is 444. The molecule has 0 saturated heterocycles. The van der Waals surface area contributed by atoms with Gasteiger partial charge in [0.1, 0.15) is 0 Å². The molecule has 78 valence electrons. The molecule has 1 atom stereocenters. The van der Waals surface area contributed by atoms with Crippen molar-refractivity contribution in [2.45, 2.75) is 5.92 Å². The number of carbonyl (C=O) groups excluding carboxylic acids is 1. The Morgan fingerprint density at radius 1 is 1.53 bits per heavy atom. The standard InChI is InChI=1S/C10H8ClNO3/c11-5-1-2-6-7(3-5)9(13)12-4-8(6)10(14)15/h1-3,8H,4H2,(H,12,13)(H,14,15). The number of hydrogen-bond acceptors (Lipinski definition) is 2. The fraction of sp³-hybridized carbons (Fsp3) is 0.200. The SMILES string of the molecule is O=C1NCC(C(=O)O)c2ccc(Cl)cc21. The molecule has 0 fully saturated rings. The Labute approximate surface area is 90.9 Å². The smallest absolute Gasteiger partial charge is 0.312 e. The van der Waals surface area contributed by atoms with E-state index in [1.165, 1.54) is 6.07 Å². The first-order valence-corrected chi connectivity index (χ1v) is 4.78. The summed E-state index contributed by atoms with van der Waals surface area (Å²) in [5.41, 5.74) is 0.872. The summed E-state index contributed by atoms with van der Waals surface area (Å²) in [4.78, 5) is 22.4. The van der Waals surface area contributed by atoms with Gasteiger partial charge in [0.05, 0.1) is 5.92 Å². The van der Waals surface area contributed by atoms with E-state index < -0.39 is 11.9 Å². The lowest BCUT2D eigenvalue weighted by atomic mass is 9.90. The number of nitrogens with one attached hydrogen (secondary N) is 1. The molecule has 4 nitrogen and oxygen atoms in total. The van der Waals surface area contributed by atoms with Gasteiger partial charge in [0.15, 0.2) is 0 Å². The molecular weight excluding hydrogens is 218 g/mol. The second-order valence-corrected chi connectivity index (χ2v) is 3.77. The summed E-state index contributed by atoms with van der Waals surface area (Å²) in [5.74, 6) is -1.90. The molecule has 1 aliphatic rings. The van der Waals surface area contributed by atoms with Crippen LogP contribution in [-0.2, 0) is 4.79 Å². The maximum absolute atomic E-state index is 11.4. The van der Waals surface area contributed by atoms with Crippen molar-refractivity contribution in [1.82, 2.24) is 5.32 Å². The Hall–Kier alpha value is -1.55. The predicted octanol–water partition coefficient (Wildman–Crippen LogP) is 1.25. The molecule has 1 aliphatic heterocycles. The fourth-order valence-corrected chi connectivity index (χ4v) is 1.82. The Morgan fingerprint density at radius 2 is 2.27 bits per heavy atom. The first-order valence-electron chi connectivity index (χ1n) is 4.40. The summed E-state index contributed by atoms with van der Waals surface area (Å²) >= 11 is 5.74. The van der Waals surface area contributed by atoms with Crippen LogP contribution in [-0.4, -0.2) is 23.5 Å². The van der Waals surface area contributed by atoms with E-state index in [0.717, 1.165) is 0 Å². The van der Waals surface area contributed by atoms with E-state index in [2.05, 4.69) is 5.32 Å². The molecule has 1 unspecified atom stereocenters. The van der Waals surface area contributed by atoms with Gasteiger partial charge in [-0.25, -0.2) is 0 Å². The van der Waals surface area contributed by atoms with Crippen molar-refractivity contribution in [3.05, 3.63) is 34.3 Å². The molecule has 0 bridgehead atoms. The van der Waals surface area contributed by atoms with Gasteiger partial charge in [-0.05, 0) is 17.7 Å². The van der Waals surface area contributed by atoms with Gasteiger partial charge >= 0.3 is 5.97 Å². The highest BCUT2D eigenvalue weighted by Crippen LogP contribution is 2.26. The van der Waals surface area contributed by atoms with E-state index in [1.807, 2.05) is 0 Å². The normalized spacial score (nSPS) is 19.3. The minimum absolute atomic E-state index is 0.128. The second-order valence-electron chi connectivity index (χ2n) is 3.33. The second kappa shape index (κ2) is 3.55. The average molecular weight is 226 g/mol. The molecule has 2 N–H and O–H groups in total. The van der Waals surface area contributed by atoms with Crippen LogP contribution in [0.5, 0.6) is 0 Å². The highest BCUT2D eigenvalue weighted by atomic mass is 35.5. The molecule has 1 heterocycles. The molecule has 0 aromatic heterocycles. The van der Waals surface area contributed by atoms with Crippen LogP contribution in [0, 0.1) is 0 Å². The maximum atomic E-state index is 11.4. The van der Waals surface area contributed by atoms with Crippen LogP contribution in [0.3, 0.4) is 0 Å². The van der Waals surface area contributed by atoms with Gasteiger partial charge in [0, 0.05) is 17.1 Å². The predicted molar refractivity (Wildman–Crippen MR) is 54.2 cm³/mol. The molecule has 1 aromatic rings. The summed E-state index contributed by atoms with van der Waals surface area (Å²) in [7, 11) is 0. The maximum Gasteiger partial charge on any atom is 0.312 e. The average Bonchev–Trinajstić information content (AvgIpc) is 2.19. The molecule has 2 rings (SSSR count). The number of halogens is 1. The van der Waals surface area contributed by atoms with Crippen LogP contribution in [0.25, 0.3) is 0 Å². The Kier molecular flexibility index (Phi) is 2.36. The van der Waals surface area contributed by atoms with Gasteiger partial charge in [-0.15, -0.1) is 0 Å². The van der Waals surface area contributed by atoms with Crippen molar-refractivity contribution < 1.29 is 14.7 Å². The summed E-state index contributed by atoms with van der Waals surface area (Å²) in [5, 5.41) is 11.9.